The van der Waals surface area contributed by atoms with Gasteiger partial charge in [-0.15, -0.1) is 0 Å². The normalized spacial score (nSPS) is 18.7. The van der Waals surface area contributed by atoms with Crippen LogP contribution in [0.1, 0.15) is 30.7 Å². The molecule has 1 aromatic heterocycles. The second kappa shape index (κ2) is 6.13. The molecule has 7 heteroatoms. The van der Waals surface area contributed by atoms with E-state index in [4.69, 9.17) is 22.7 Å². The monoisotopic (exact) mass is 294 g/mol. The van der Waals surface area contributed by atoms with Gasteiger partial charge in [0.2, 0.25) is 5.95 Å². The number of hydrogen-bond donors (Lipinski definition) is 1. The molecule has 1 fully saturated rings. The van der Waals surface area contributed by atoms with E-state index in [0.29, 0.717) is 11.6 Å². The lowest BCUT2D eigenvalue weighted by Crippen LogP contribution is -2.46. The van der Waals surface area contributed by atoms with E-state index in [-0.39, 0.29) is 17.0 Å². The Morgan fingerprint density at radius 3 is 2.90 bits per heavy atom. The zero-order chi connectivity index (χ0) is 14.7. The van der Waals surface area contributed by atoms with Gasteiger partial charge in [-0.25, -0.2) is 14.8 Å². The summed E-state index contributed by atoms with van der Waals surface area (Å²) in [6, 6.07) is 1.40. The Morgan fingerprint density at radius 2 is 2.25 bits per heavy atom. The number of rotatable bonds is 3. The van der Waals surface area contributed by atoms with Crippen molar-refractivity contribution in [2.75, 3.05) is 18.6 Å². The van der Waals surface area contributed by atoms with Crippen LogP contribution in [0.2, 0.25) is 0 Å². The van der Waals surface area contributed by atoms with Crippen LogP contribution >= 0.6 is 12.2 Å². The maximum atomic E-state index is 11.9. The third kappa shape index (κ3) is 3.04. The number of hydrogen-bond acceptors (Lipinski definition) is 6. The molecule has 0 spiro atoms. The average Bonchev–Trinajstić information content (AvgIpc) is 2.45. The Hall–Kier alpha value is -1.76. The van der Waals surface area contributed by atoms with Gasteiger partial charge in [0.05, 0.1) is 7.11 Å². The Kier molecular flexibility index (Phi) is 4.49. The Labute approximate surface area is 123 Å². The van der Waals surface area contributed by atoms with Crippen LogP contribution in [-0.4, -0.2) is 40.6 Å². The molecule has 0 aromatic carbocycles. The molecule has 0 bridgehead atoms. The SMILES string of the molecule is COC(=O)C1CCCCN1c1nc(C)cc(C(N)=S)n1. The summed E-state index contributed by atoms with van der Waals surface area (Å²) >= 11 is 4.96. The van der Waals surface area contributed by atoms with Crippen molar-refractivity contribution in [3.8, 4) is 0 Å². The van der Waals surface area contributed by atoms with E-state index in [1.54, 1.807) is 6.07 Å². The summed E-state index contributed by atoms with van der Waals surface area (Å²) < 4.78 is 4.86. The number of nitrogens with two attached hydrogens (primary N) is 1. The number of ether oxygens (including phenoxy) is 1. The average molecular weight is 294 g/mol. The Bertz CT molecular complexity index is 535. The first-order valence-electron chi connectivity index (χ1n) is 6.53. The van der Waals surface area contributed by atoms with Crippen molar-refractivity contribution >= 4 is 29.1 Å². The van der Waals surface area contributed by atoms with Gasteiger partial charge < -0.3 is 15.4 Å². The molecule has 2 heterocycles. The minimum atomic E-state index is -0.338. The van der Waals surface area contributed by atoms with Crippen LogP contribution in [0.15, 0.2) is 6.07 Å². The van der Waals surface area contributed by atoms with Crippen molar-refractivity contribution in [3.63, 3.8) is 0 Å². The van der Waals surface area contributed by atoms with Crippen molar-refractivity contribution in [3.05, 3.63) is 17.5 Å². The van der Waals surface area contributed by atoms with Crippen LogP contribution in [0.3, 0.4) is 0 Å². The molecule has 1 unspecified atom stereocenters. The van der Waals surface area contributed by atoms with Crippen LogP contribution in [0, 0.1) is 6.92 Å². The number of methoxy groups -OCH3 is 1. The van der Waals surface area contributed by atoms with Gasteiger partial charge in [0.1, 0.15) is 16.7 Å². The molecule has 1 atom stereocenters. The predicted molar refractivity (Wildman–Crippen MR) is 79.7 cm³/mol. The van der Waals surface area contributed by atoms with Crippen molar-refractivity contribution in [1.82, 2.24) is 9.97 Å². The predicted octanol–water partition coefficient (Wildman–Crippen LogP) is 0.951. The summed E-state index contributed by atoms with van der Waals surface area (Å²) in [5, 5.41) is 0. The molecule has 6 nitrogen and oxygen atoms in total. The number of carbonyl (C=O) groups is 1. The smallest absolute Gasteiger partial charge is 0.328 e. The number of piperidine rings is 1. The molecule has 108 valence electrons. The summed E-state index contributed by atoms with van der Waals surface area (Å²) in [6.45, 7) is 2.57. The highest BCUT2D eigenvalue weighted by Gasteiger charge is 2.31. The molecule has 20 heavy (non-hydrogen) atoms. The lowest BCUT2D eigenvalue weighted by Gasteiger charge is -2.33. The van der Waals surface area contributed by atoms with E-state index in [9.17, 15) is 4.79 Å². The van der Waals surface area contributed by atoms with Crippen molar-refractivity contribution < 1.29 is 9.53 Å². The zero-order valence-corrected chi connectivity index (χ0v) is 12.4. The molecule has 1 aliphatic heterocycles. The van der Waals surface area contributed by atoms with Crippen LogP contribution in [-0.2, 0) is 9.53 Å². The summed E-state index contributed by atoms with van der Waals surface area (Å²) in [5.41, 5.74) is 6.93. The van der Waals surface area contributed by atoms with E-state index in [2.05, 4.69) is 9.97 Å². The fraction of sp³-hybridized carbons (Fsp3) is 0.538. The molecule has 2 N–H and O–H groups in total. The number of nitrogens with zero attached hydrogens (tertiary/aromatic N) is 3. The molecular weight excluding hydrogens is 276 g/mol. The fourth-order valence-corrected chi connectivity index (χ4v) is 2.46. The molecule has 1 saturated heterocycles. The highest BCUT2D eigenvalue weighted by molar-refractivity contribution is 7.80. The van der Waals surface area contributed by atoms with E-state index < -0.39 is 0 Å². The highest BCUT2D eigenvalue weighted by atomic mass is 32.1. The van der Waals surface area contributed by atoms with E-state index >= 15 is 0 Å². The van der Waals surface area contributed by atoms with E-state index in [1.807, 2.05) is 11.8 Å². The van der Waals surface area contributed by atoms with Gasteiger partial charge in [-0.3, -0.25) is 0 Å². The van der Waals surface area contributed by atoms with Crippen molar-refractivity contribution in [2.45, 2.75) is 32.2 Å². The number of thiocarbonyl (C=S) groups is 1. The summed E-state index contributed by atoms with van der Waals surface area (Å²) in [6.07, 6.45) is 2.73. The Balaban J connectivity index is 2.37. The number of aryl methyl sites for hydroxylation is 1. The maximum absolute atomic E-state index is 11.9. The fourth-order valence-electron chi connectivity index (χ4n) is 2.36. The van der Waals surface area contributed by atoms with Gasteiger partial charge in [-0.05, 0) is 32.3 Å². The van der Waals surface area contributed by atoms with Crippen LogP contribution < -0.4 is 10.6 Å². The van der Waals surface area contributed by atoms with Crippen LogP contribution in [0.25, 0.3) is 0 Å². The number of esters is 1. The van der Waals surface area contributed by atoms with Crippen molar-refractivity contribution in [2.24, 2.45) is 5.73 Å². The standard InChI is InChI=1S/C13H18N4O2S/c1-8-7-9(11(14)20)16-13(15-8)17-6-4-3-5-10(17)12(18)19-2/h7,10H,3-6H2,1-2H3,(H2,14,20). The van der Waals surface area contributed by atoms with Gasteiger partial charge in [-0.1, -0.05) is 12.2 Å². The molecule has 0 amide bonds. The maximum Gasteiger partial charge on any atom is 0.328 e. The van der Waals surface area contributed by atoms with Crippen LogP contribution in [0.4, 0.5) is 5.95 Å². The summed E-state index contributed by atoms with van der Waals surface area (Å²) in [7, 11) is 1.40. The molecule has 0 radical (unpaired) electrons. The third-order valence-electron chi connectivity index (χ3n) is 3.33. The van der Waals surface area contributed by atoms with Gasteiger partial charge in [0, 0.05) is 12.2 Å². The van der Waals surface area contributed by atoms with E-state index in [1.165, 1.54) is 7.11 Å². The molecule has 2 rings (SSSR count). The summed E-state index contributed by atoms with van der Waals surface area (Å²) in [4.78, 5) is 22.8. The first-order chi connectivity index (χ1) is 9.52. The molecule has 0 aliphatic carbocycles. The third-order valence-corrected chi connectivity index (χ3v) is 3.54. The van der Waals surface area contributed by atoms with Crippen LogP contribution in [0.5, 0.6) is 0 Å². The Morgan fingerprint density at radius 1 is 1.50 bits per heavy atom. The number of carbonyl (C=O) groups excluding carboxylic acids is 1. The largest absolute Gasteiger partial charge is 0.467 e. The second-order valence-corrected chi connectivity index (χ2v) is 5.23. The minimum absolute atomic E-state index is 0.225. The second-order valence-electron chi connectivity index (χ2n) is 4.79. The highest BCUT2D eigenvalue weighted by Crippen LogP contribution is 2.23. The van der Waals surface area contributed by atoms with E-state index in [0.717, 1.165) is 31.5 Å². The lowest BCUT2D eigenvalue weighted by atomic mass is 10.0. The summed E-state index contributed by atoms with van der Waals surface area (Å²) in [5.74, 6) is 0.231. The van der Waals surface area contributed by atoms with Gasteiger partial charge in [-0.2, -0.15) is 0 Å². The zero-order valence-electron chi connectivity index (χ0n) is 11.6. The van der Waals surface area contributed by atoms with Gasteiger partial charge in [0.15, 0.2) is 0 Å². The first kappa shape index (κ1) is 14.6. The van der Waals surface area contributed by atoms with Gasteiger partial charge in [0.25, 0.3) is 0 Å². The topological polar surface area (TPSA) is 81.3 Å². The minimum Gasteiger partial charge on any atom is -0.467 e. The quantitative estimate of drug-likeness (QED) is 0.656. The molecule has 0 saturated carbocycles. The molecular formula is C13H18N4O2S. The molecule has 1 aromatic rings. The first-order valence-corrected chi connectivity index (χ1v) is 6.93. The molecule has 1 aliphatic rings. The number of aromatic nitrogens is 2. The van der Waals surface area contributed by atoms with Gasteiger partial charge >= 0.3 is 5.97 Å². The number of anilines is 1. The lowest BCUT2D eigenvalue weighted by molar-refractivity contribution is -0.142. The van der Waals surface area contributed by atoms with Crippen molar-refractivity contribution in [1.29, 1.82) is 0 Å².